The maximum absolute atomic E-state index is 12.8. The van der Waals surface area contributed by atoms with Crippen molar-refractivity contribution in [1.29, 1.82) is 0 Å². The zero-order valence-electron chi connectivity index (χ0n) is 11.4. The Kier molecular flexibility index (Phi) is 4.53. The predicted molar refractivity (Wildman–Crippen MR) is 77.6 cm³/mol. The third-order valence-electron chi connectivity index (χ3n) is 2.84. The van der Waals surface area contributed by atoms with E-state index in [0.717, 1.165) is 17.8 Å². The minimum Gasteiger partial charge on any atom is -0.381 e. The van der Waals surface area contributed by atoms with E-state index in [-0.39, 0.29) is 5.82 Å². The number of nitrogens with one attached hydrogen (secondary N) is 1. The minimum atomic E-state index is -0.197. The lowest BCUT2D eigenvalue weighted by Crippen LogP contribution is -2.10. The van der Waals surface area contributed by atoms with Crippen molar-refractivity contribution < 1.29 is 4.39 Å². The molecular weight excluding hydrogens is 239 g/mol. The van der Waals surface area contributed by atoms with Crippen molar-refractivity contribution in [3.8, 4) is 0 Å². The minimum absolute atomic E-state index is 0.197. The molecule has 0 heterocycles. The molecule has 0 bridgehead atoms. The summed E-state index contributed by atoms with van der Waals surface area (Å²) < 4.78 is 12.8. The van der Waals surface area contributed by atoms with Crippen LogP contribution >= 0.6 is 0 Å². The van der Waals surface area contributed by atoms with Crippen molar-refractivity contribution in [3.63, 3.8) is 0 Å². The molecule has 0 unspecified atom stereocenters. The quantitative estimate of drug-likeness (QED) is 0.883. The van der Waals surface area contributed by atoms with Crippen LogP contribution in [0.4, 0.5) is 10.1 Å². The second kappa shape index (κ2) is 6.34. The molecule has 0 saturated heterocycles. The molecule has 2 aromatic rings. The fraction of sp³-hybridized carbons (Fsp3) is 0.250. The van der Waals surface area contributed by atoms with E-state index in [1.165, 1.54) is 17.7 Å². The van der Waals surface area contributed by atoms with Gasteiger partial charge in [-0.1, -0.05) is 24.3 Å². The van der Waals surface area contributed by atoms with Crippen LogP contribution in [0.2, 0.25) is 0 Å². The van der Waals surface area contributed by atoms with Crippen molar-refractivity contribution in [2.75, 3.05) is 19.4 Å². The Bertz CT molecular complexity index is 521. The second-order valence-corrected chi connectivity index (χ2v) is 4.92. The van der Waals surface area contributed by atoms with E-state index in [1.807, 2.05) is 12.1 Å². The SMILES string of the molecule is CN(C)Cc1cccc(NCc2ccc(F)cc2)c1. The summed E-state index contributed by atoms with van der Waals surface area (Å²) in [5.41, 5.74) is 3.43. The zero-order valence-corrected chi connectivity index (χ0v) is 11.4. The first kappa shape index (κ1) is 13.6. The molecule has 0 aliphatic rings. The van der Waals surface area contributed by atoms with Crippen molar-refractivity contribution >= 4 is 5.69 Å². The van der Waals surface area contributed by atoms with E-state index in [4.69, 9.17) is 0 Å². The predicted octanol–water partition coefficient (Wildman–Crippen LogP) is 3.50. The Morgan fingerprint density at radius 2 is 1.74 bits per heavy atom. The molecule has 0 fully saturated rings. The van der Waals surface area contributed by atoms with E-state index in [9.17, 15) is 4.39 Å². The third-order valence-corrected chi connectivity index (χ3v) is 2.84. The largest absolute Gasteiger partial charge is 0.381 e. The van der Waals surface area contributed by atoms with E-state index in [0.29, 0.717) is 6.54 Å². The summed E-state index contributed by atoms with van der Waals surface area (Å²) in [6.07, 6.45) is 0. The van der Waals surface area contributed by atoms with Crippen LogP contribution in [0.5, 0.6) is 0 Å². The van der Waals surface area contributed by atoms with Gasteiger partial charge >= 0.3 is 0 Å². The van der Waals surface area contributed by atoms with Crippen LogP contribution in [0.25, 0.3) is 0 Å². The number of benzene rings is 2. The average Bonchev–Trinajstić information content (AvgIpc) is 2.38. The van der Waals surface area contributed by atoms with Gasteiger partial charge in [0.05, 0.1) is 0 Å². The molecule has 0 atom stereocenters. The number of hydrogen-bond donors (Lipinski definition) is 1. The maximum Gasteiger partial charge on any atom is 0.123 e. The van der Waals surface area contributed by atoms with Gasteiger partial charge in [-0.2, -0.15) is 0 Å². The Balaban J connectivity index is 1.97. The number of rotatable bonds is 5. The highest BCUT2D eigenvalue weighted by Gasteiger charge is 1.98. The van der Waals surface area contributed by atoms with Gasteiger partial charge in [0.1, 0.15) is 5.82 Å². The second-order valence-electron chi connectivity index (χ2n) is 4.92. The van der Waals surface area contributed by atoms with Gasteiger partial charge < -0.3 is 10.2 Å². The van der Waals surface area contributed by atoms with Gasteiger partial charge in [-0.05, 0) is 49.5 Å². The van der Waals surface area contributed by atoms with Crippen molar-refractivity contribution in [2.45, 2.75) is 13.1 Å². The average molecular weight is 258 g/mol. The molecular formula is C16H19FN2. The number of hydrogen-bond acceptors (Lipinski definition) is 2. The van der Waals surface area contributed by atoms with Crippen LogP contribution in [-0.2, 0) is 13.1 Å². The summed E-state index contributed by atoms with van der Waals surface area (Å²) in [6.45, 7) is 1.62. The molecule has 0 saturated carbocycles. The standard InChI is InChI=1S/C16H19FN2/c1-19(2)12-14-4-3-5-16(10-14)18-11-13-6-8-15(17)9-7-13/h3-10,18H,11-12H2,1-2H3. The van der Waals surface area contributed by atoms with Gasteiger partial charge in [0, 0.05) is 18.8 Å². The molecule has 0 spiro atoms. The first-order chi connectivity index (χ1) is 9.13. The Labute approximate surface area is 113 Å². The van der Waals surface area contributed by atoms with Gasteiger partial charge in [0.15, 0.2) is 0 Å². The Hall–Kier alpha value is -1.87. The number of nitrogens with zero attached hydrogens (tertiary/aromatic N) is 1. The summed E-state index contributed by atoms with van der Waals surface area (Å²) in [4.78, 5) is 2.14. The number of halogens is 1. The smallest absolute Gasteiger partial charge is 0.123 e. The lowest BCUT2D eigenvalue weighted by atomic mass is 10.1. The molecule has 100 valence electrons. The fourth-order valence-corrected chi connectivity index (χ4v) is 1.95. The van der Waals surface area contributed by atoms with Crippen LogP contribution in [0.3, 0.4) is 0 Å². The molecule has 0 amide bonds. The molecule has 2 aromatic carbocycles. The highest BCUT2D eigenvalue weighted by Crippen LogP contribution is 2.13. The van der Waals surface area contributed by atoms with E-state index in [1.54, 1.807) is 12.1 Å². The molecule has 2 nitrogen and oxygen atoms in total. The molecule has 0 aromatic heterocycles. The first-order valence-electron chi connectivity index (χ1n) is 6.35. The summed E-state index contributed by atoms with van der Waals surface area (Å²) in [7, 11) is 4.11. The fourth-order valence-electron chi connectivity index (χ4n) is 1.95. The molecule has 0 aliphatic heterocycles. The molecule has 1 N–H and O–H groups in total. The third kappa shape index (κ3) is 4.38. The van der Waals surface area contributed by atoms with Crippen LogP contribution in [0.15, 0.2) is 48.5 Å². The van der Waals surface area contributed by atoms with Gasteiger partial charge in [0.25, 0.3) is 0 Å². The summed E-state index contributed by atoms with van der Waals surface area (Å²) in [5, 5.41) is 3.35. The van der Waals surface area contributed by atoms with Crippen molar-refractivity contribution in [2.24, 2.45) is 0 Å². The van der Waals surface area contributed by atoms with Gasteiger partial charge in [-0.25, -0.2) is 4.39 Å². The first-order valence-corrected chi connectivity index (χ1v) is 6.35. The maximum atomic E-state index is 12.8. The van der Waals surface area contributed by atoms with E-state index < -0.39 is 0 Å². The van der Waals surface area contributed by atoms with Gasteiger partial charge in [0.2, 0.25) is 0 Å². The lowest BCUT2D eigenvalue weighted by Gasteiger charge is -2.12. The number of anilines is 1. The summed E-state index contributed by atoms with van der Waals surface area (Å²) in [5.74, 6) is -0.197. The van der Waals surface area contributed by atoms with E-state index in [2.05, 4.69) is 36.4 Å². The van der Waals surface area contributed by atoms with Gasteiger partial charge in [-0.15, -0.1) is 0 Å². The van der Waals surface area contributed by atoms with Gasteiger partial charge in [-0.3, -0.25) is 0 Å². The van der Waals surface area contributed by atoms with Crippen LogP contribution in [0, 0.1) is 5.82 Å². The highest BCUT2D eigenvalue weighted by atomic mass is 19.1. The Morgan fingerprint density at radius 1 is 1.00 bits per heavy atom. The zero-order chi connectivity index (χ0) is 13.7. The highest BCUT2D eigenvalue weighted by molar-refractivity contribution is 5.46. The molecule has 0 radical (unpaired) electrons. The molecule has 3 heteroatoms. The summed E-state index contributed by atoms with van der Waals surface area (Å²) in [6, 6.07) is 14.9. The Morgan fingerprint density at radius 3 is 2.42 bits per heavy atom. The molecule has 19 heavy (non-hydrogen) atoms. The summed E-state index contributed by atoms with van der Waals surface area (Å²) >= 11 is 0. The van der Waals surface area contributed by atoms with Crippen LogP contribution in [-0.4, -0.2) is 19.0 Å². The molecule has 0 aliphatic carbocycles. The lowest BCUT2D eigenvalue weighted by molar-refractivity contribution is 0.402. The molecule has 2 rings (SSSR count). The van der Waals surface area contributed by atoms with Crippen molar-refractivity contribution in [3.05, 3.63) is 65.5 Å². The topological polar surface area (TPSA) is 15.3 Å². The van der Waals surface area contributed by atoms with Crippen molar-refractivity contribution in [1.82, 2.24) is 4.90 Å². The van der Waals surface area contributed by atoms with E-state index >= 15 is 0 Å². The normalized spacial score (nSPS) is 10.7. The van der Waals surface area contributed by atoms with Crippen LogP contribution in [0.1, 0.15) is 11.1 Å². The van der Waals surface area contributed by atoms with Crippen LogP contribution < -0.4 is 5.32 Å². The monoisotopic (exact) mass is 258 g/mol.